The van der Waals surface area contributed by atoms with E-state index in [-0.39, 0.29) is 11.9 Å². The van der Waals surface area contributed by atoms with Gasteiger partial charge in [-0.25, -0.2) is 0 Å². The van der Waals surface area contributed by atoms with Gasteiger partial charge < -0.3 is 15.0 Å². The molecule has 1 amide bonds. The molecule has 24 heavy (non-hydrogen) atoms. The Balaban J connectivity index is 1.63. The molecule has 0 spiro atoms. The fourth-order valence-corrected chi connectivity index (χ4v) is 3.17. The number of rotatable bonds is 4. The number of para-hydroxylation sites is 1. The number of ether oxygens (including phenoxy) is 1. The molecule has 0 saturated carbocycles. The molecule has 3 rings (SSSR count). The lowest BCUT2D eigenvalue weighted by Gasteiger charge is -2.34. The zero-order valence-corrected chi connectivity index (χ0v) is 15.3. The number of piperazine rings is 1. The summed E-state index contributed by atoms with van der Waals surface area (Å²) >= 11 is 3.47. The third-order valence-corrected chi connectivity index (χ3v) is 4.85. The van der Waals surface area contributed by atoms with E-state index in [4.69, 9.17) is 4.74 Å². The second kappa shape index (κ2) is 7.81. The van der Waals surface area contributed by atoms with Gasteiger partial charge >= 0.3 is 0 Å². The summed E-state index contributed by atoms with van der Waals surface area (Å²) in [7, 11) is 0. The lowest BCUT2D eigenvalue weighted by molar-refractivity contribution is 0.0655. The predicted molar refractivity (Wildman–Crippen MR) is 98.3 cm³/mol. The van der Waals surface area contributed by atoms with Crippen molar-refractivity contribution in [3.05, 3.63) is 64.1 Å². The number of halogens is 1. The Bertz CT molecular complexity index is 703. The van der Waals surface area contributed by atoms with Crippen LogP contribution < -0.4 is 10.1 Å². The molecule has 1 saturated heterocycles. The third kappa shape index (κ3) is 3.97. The summed E-state index contributed by atoms with van der Waals surface area (Å²) in [6.45, 7) is 5.01. The minimum atomic E-state index is 0.0993. The van der Waals surface area contributed by atoms with E-state index < -0.39 is 0 Å². The molecule has 4 nitrogen and oxygen atoms in total. The van der Waals surface area contributed by atoms with Crippen molar-refractivity contribution in [2.24, 2.45) is 0 Å². The van der Waals surface area contributed by atoms with Crippen molar-refractivity contribution in [2.75, 3.05) is 19.6 Å². The number of hydrogen-bond acceptors (Lipinski definition) is 3. The van der Waals surface area contributed by atoms with Crippen LogP contribution in [0.5, 0.6) is 5.75 Å². The molecular formula is C19H21BrN2O2. The quantitative estimate of drug-likeness (QED) is 0.871. The molecule has 1 aliphatic rings. The van der Waals surface area contributed by atoms with E-state index in [9.17, 15) is 4.79 Å². The molecule has 0 bridgehead atoms. The second-order valence-electron chi connectivity index (χ2n) is 5.97. The van der Waals surface area contributed by atoms with Crippen molar-refractivity contribution in [1.82, 2.24) is 10.2 Å². The van der Waals surface area contributed by atoms with E-state index in [2.05, 4.69) is 28.2 Å². The van der Waals surface area contributed by atoms with Crippen LogP contribution >= 0.6 is 15.9 Å². The van der Waals surface area contributed by atoms with Crippen molar-refractivity contribution in [3.63, 3.8) is 0 Å². The van der Waals surface area contributed by atoms with Gasteiger partial charge in [0.15, 0.2) is 0 Å². The summed E-state index contributed by atoms with van der Waals surface area (Å²) in [6, 6.07) is 15.7. The summed E-state index contributed by atoms with van der Waals surface area (Å²) in [5.74, 6) is 0.912. The van der Waals surface area contributed by atoms with Gasteiger partial charge in [0.25, 0.3) is 5.91 Å². The molecule has 0 aliphatic carbocycles. The predicted octanol–water partition coefficient (Wildman–Crippen LogP) is 3.46. The Morgan fingerprint density at radius 2 is 2.00 bits per heavy atom. The molecule has 1 fully saturated rings. The molecule has 0 aromatic heterocycles. The molecule has 0 radical (unpaired) electrons. The number of amides is 1. The molecular weight excluding hydrogens is 368 g/mol. The Kier molecular flexibility index (Phi) is 5.53. The molecule has 1 N–H and O–H groups in total. The van der Waals surface area contributed by atoms with Gasteiger partial charge in [-0.05, 0) is 52.7 Å². The maximum absolute atomic E-state index is 12.6. The molecule has 5 heteroatoms. The van der Waals surface area contributed by atoms with Gasteiger partial charge in [-0.3, -0.25) is 4.79 Å². The first-order valence-corrected chi connectivity index (χ1v) is 8.92. The molecule has 2 aromatic rings. The third-order valence-electron chi connectivity index (χ3n) is 4.19. The van der Waals surface area contributed by atoms with Gasteiger partial charge in [0.05, 0.1) is 4.47 Å². The Hall–Kier alpha value is -1.85. The van der Waals surface area contributed by atoms with Crippen LogP contribution in [-0.2, 0) is 6.61 Å². The molecule has 0 unspecified atom stereocenters. The van der Waals surface area contributed by atoms with Gasteiger partial charge in [-0.15, -0.1) is 0 Å². The zero-order valence-electron chi connectivity index (χ0n) is 13.7. The van der Waals surface area contributed by atoms with Crippen LogP contribution in [0.2, 0.25) is 0 Å². The van der Waals surface area contributed by atoms with E-state index in [0.29, 0.717) is 6.61 Å². The van der Waals surface area contributed by atoms with Crippen LogP contribution in [0, 0.1) is 0 Å². The van der Waals surface area contributed by atoms with Crippen molar-refractivity contribution < 1.29 is 9.53 Å². The summed E-state index contributed by atoms with van der Waals surface area (Å²) in [5, 5.41) is 3.30. The highest BCUT2D eigenvalue weighted by Crippen LogP contribution is 2.24. The normalized spacial score (nSPS) is 17.6. The zero-order chi connectivity index (χ0) is 16.9. The van der Waals surface area contributed by atoms with E-state index in [1.807, 2.05) is 53.4 Å². The maximum Gasteiger partial charge on any atom is 0.254 e. The van der Waals surface area contributed by atoms with E-state index in [0.717, 1.165) is 41.0 Å². The average Bonchev–Trinajstić information content (AvgIpc) is 2.61. The summed E-state index contributed by atoms with van der Waals surface area (Å²) < 4.78 is 6.74. The van der Waals surface area contributed by atoms with E-state index in [1.165, 1.54) is 0 Å². The molecule has 1 aliphatic heterocycles. The maximum atomic E-state index is 12.6. The highest BCUT2D eigenvalue weighted by atomic mass is 79.9. The van der Waals surface area contributed by atoms with Gasteiger partial charge in [0.1, 0.15) is 12.4 Å². The van der Waals surface area contributed by atoms with Crippen LogP contribution in [0.3, 0.4) is 0 Å². The minimum Gasteiger partial charge on any atom is -0.488 e. The monoisotopic (exact) mass is 388 g/mol. The smallest absolute Gasteiger partial charge is 0.254 e. The largest absolute Gasteiger partial charge is 0.488 e. The standard InChI is InChI=1S/C19H21BrN2O2/c1-14-12-21-10-11-22(14)19(23)16-8-6-15(7-9-16)13-24-18-5-3-2-4-17(18)20/h2-9,14,21H,10-13H2,1H3/t14-/m0/s1. The highest BCUT2D eigenvalue weighted by molar-refractivity contribution is 9.10. The van der Waals surface area contributed by atoms with Crippen LogP contribution in [0.1, 0.15) is 22.8 Å². The SMILES string of the molecule is C[C@H]1CNCCN1C(=O)c1ccc(COc2ccccc2Br)cc1. The van der Waals surface area contributed by atoms with Gasteiger partial charge in [0.2, 0.25) is 0 Å². The van der Waals surface area contributed by atoms with E-state index >= 15 is 0 Å². The Morgan fingerprint density at radius 3 is 2.71 bits per heavy atom. The molecule has 1 heterocycles. The van der Waals surface area contributed by atoms with Crippen LogP contribution in [0.25, 0.3) is 0 Å². The van der Waals surface area contributed by atoms with Crippen LogP contribution in [-0.4, -0.2) is 36.5 Å². The fourth-order valence-electron chi connectivity index (χ4n) is 2.77. The van der Waals surface area contributed by atoms with E-state index in [1.54, 1.807) is 0 Å². The second-order valence-corrected chi connectivity index (χ2v) is 6.82. The van der Waals surface area contributed by atoms with Crippen molar-refractivity contribution >= 4 is 21.8 Å². The summed E-state index contributed by atoms with van der Waals surface area (Å²) in [4.78, 5) is 14.5. The van der Waals surface area contributed by atoms with Gasteiger partial charge in [-0.1, -0.05) is 24.3 Å². The number of carbonyl (C=O) groups excluding carboxylic acids is 1. The molecule has 2 aromatic carbocycles. The minimum absolute atomic E-state index is 0.0993. The van der Waals surface area contributed by atoms with Gasteiger partial charge in [-0.2, -0.15) is 0 Å². The first-order valence-electron chi connectivity index (χ1n) is 8.13. The highest BCUT2D eigenvalue weighted by Gasteiger charge is 2.23. The number of carbonyl (C=O) groups is 1. The number of nitrogens with zero attached hydrogens (tertiary/aromatic N) is 1. The Morgan fingerprint density at radius 1 is 1.25 bits per heavy atom. The first kappa shape index (κ1) is 17.0. The molecule has 126 valence electrons. The molecule has 1 atom stereocenters. The summed E-state index contributed by atoms with van der Waals surface area (Å²) in [5.41, 5.74) is 1.77. The number of nitrogens with one attached hydrogen (secondary N) is 1. The lowest BCUT2D eigenvalue weighted by atomic mass is 10.1. The van der Waals surface area contributed by atoms with Crippen molar-refractivity contribution in [2.45, 2.75) is 19.6 Å². The topological polar surface area (TPSA) is 41.6 Å². The average molecular weight is 389 g/mol. The number of benzene rings is 2. The van der Waals surface area contributed by atoms with Crippen LogP contribution in [0.15, 0.2) is 53.0 Å². The number of hydrogen-bond donors (Lipinski definition) is 1. The van der Waals surface area contributed by atoms with Crippen molar-refractivity contribution in [3.8, 4) is 5.75 Å². The van der Waals surface area contributed by atoms with Crippen LogP contribution in [0.4, 0.5) is 0 Å². The summed E-state index contributed by atoms with van der Waals surface area (Å²) in [6.07, 6.45) is 0. The van der Waals surface area contributed by atoms with Gasteiger partial charge in [0, 0.05) is 31.2 Å². The fraction of sp³-hybridized carbons (Fsp3) is 0.316. The van der Waals surface area contributed by atoms with Crippen molar-refractivity contribution in [1.29, 1.82) is 0 Å². The Labute approximate surface area is 150 Å². The lowest BCUT2D eigenvalue weighted by Crippen LogP contribution is -2.52. The first-order chi connectivity index (χ1) is 11.6.